The van der Waals surface area contributed by atoms with Crippen LogP contribution in [0.2, 0.25) is 0 Å². The van der Waals surface area contributed by atoms with E-state index in [4.69, 9.17) is 0 Å². The average Bonchev–Trinajstić information content (AvgIpc) is 2.89. The van der Waals surface area contributed by atoms with E-state index >= 15 is 0 Å². The Morgan fingerprint density at radius 1 is 1.36 bits per heavy atom. The smallest absolute Gasteiger partial charge is 0.320 e. The summed E-state index contributed by atoms with van der Waals surface area (Å²) < 4.78 is 2.79. The summed E-state index contributed by atoms with van der Waals surface area (Å²) in [5, 5.41) is 10.8. The van der Waals surface area contributed by atoms with Crippen molar-refractivity contribution in [1.82, 2.24) is 19.1 Å². The van der Waals surface area contributed by atoms with Crippen LogP contribution in [0.3, 0.4) is 0 Å². The largest absolute Gasteiger partial charge is 0.329 e. The van der Waals surface area contributed by atoms with E-state index in [1.165, 1.54) is 30.1 Å². The van der Waals surface area contributed by atoms with E-state index in [0.29, 0.717) is 5.56 Å². The molecule has 0 atom stereocenters. The van der Waals surface area contributed by atoms with Crippen LogP contribution >= 0.6 is 0 Å². The lowest BCUT2D eigenvalue weighted by Gasteiger charge is -2.04. The minimum atomic E-state index is -0.543. The van der Waals surface area contributed by atoms with E-state index in [1.54, 1.807) is 16.7 Å². The second kappa shape index (κ2) is 4.95. The van der Waals surface area contributed by atoms with Gasteiger partial charge in [-0.3, -0.25) is 24.5 Å². The van der Waals surface area contributed by atoms with Gasteiger partial charge in [0.1, 0.15) is 0 Å². The first-order valence-electron chi connectivity index (χ1n) is 6.35. The number of benzene rings is 1. The van der Waals surface area contributed by atoms with Gasteiger partial charge in [0, 0.05) is 25.7 Å². The molecule has 1 aromatic carbocycles. The summed E-state index contributed by atoms with van der Waals surface area (Å²) in [6.45, 7) is 0.236. The molecule has 112 valence electrons. The Labute approximate surface area is 122 Å². The van der Waals surface area contributed by atoms with E-state index in [2.05, 4.69) is 9.97 Å². The topological polar surface area (TPSA) is 116 Å². The van der Waals surface area contributed by atoms with Gasteiger partial charge < -0.3 is 4.57 Å². The van der Waals surface area contributed by atoms with Crippen LogP contribution < -0.4 is 11.2 Å². The number of nitro benzene ring substituents is 1. The Morgan fingerprint density at radius 3 is 2.86 bits per heavy atom. The van der Waals surface area contributed by atoms with E-state index < -0.39 is 16.2 Å². The summed E-state index contributed by atoms with van der Waals surface area (Å²) in [5.41, 5.74) is 0.0527. The van der Waals surface area contributed by atoms with Crippen LogP contribution in [0.1, 0.15) is 5.56 Å². The quantitative estimate of drug-likeness (QED) is 0.554. The molecule has 0 aliphatic rings. The molecule has 22 heavy (non-hydrogen) atoms. The first kappa shape index (κ1) is 13.7. The molecule has 0 saturated heterocycles. The zero-order valence-corrected chi connectivity index (χ0v) is 11.5. The zero-order valence-electron chi connectivity index (χ0n) is 11.5. The molecule has 0 saturated carbocycles. The number of H-pyrrole nitrogens is 1. The van der Waals surface area contributed by atoms with Crippen molar-refractivity contribution in [1.29, 1.82) is 0 Å². The first-order valence-corrected chi connectivity index (χ1v) is 6.35. The van der Waals surface area contributed by atoms with Gasteiger partial charge in [0.05, 0.1) is 11.3 Å². The molecule has 0 aliphatic heterocycles. The Kier molecular flexibility index (Phi) is 3.09. The highest BCUT2D eigenvalue weighted by Crippen LogP contribution is 2.15. The highest BCUT2D eigenvalue weighted by atomic mass is 16.6. The Bertz CT molecular complexity index is 998. The molecule has 2 aromatic heterocycles. The van der Waals surface area contributed by atoms with Crippen LogP contribution in [0, 0.1) is 10.1 Å². The predicted molar refractivity (Wildman–Crippen MR) is 77.8 cm³/mol. The number of imidazole rings is 1. The number of nitro groups is 1. The minimum Gasteiger partial charge on any atom is -0.320 e. The minimum absolute atomic E-state index is 0.0248. The number of hydrogen-bond acceptors (Lipinski definition) is 5. The van der Waals surface area contributed by atoms with E-state index in [0.717, 1.165) is 0 Å². The summed E-state index contributed by atoms with van der Waals surface area (Å²) in [6, 6.07) is 6.12. The van der Waals surface area contributed by atoms with Gasteiger partial charge >= 0.3 is 5.69 Å². The van der Waals surface area contributed by atoms with Crippen LogP contribution in [0.25, 0.3) is 11.2 Å². The fourth-order valence-corrected chi connectivity index (χ4v) is 2.27. The van der Waals surface area contributed by atoms with Crippen molar-refractivity contribution in [2.24, 2.45) is 7.05 Å². The van der Waals surface area contributed by atoms with Crippen molar-refractivity contribution >= 4 is 16.9 Å². The molecule has 3 rings (SSSR count). The van der Waals surface area contributed by atoms with Crippen LogP contribution in [0.4, 0.5) is 5.69 Å². The number of fused-ring (bicyclic) bond motifs is 1. The Hall–Kier alpha value is -3.23. The molecule has 3 aromatic rings. The van der Waals surface area contributed by atoms with Crippen molar-refractivity contribution in [3.63, 3.8) is 0 Å². The predicted octanol–water partition coefficient (Wildman–Crippen LogP) is 0.380. The lowest BCUT2D eigenvalue weighted by molar-refractivity contribution is -0.384. The summed E-state index contributed by atoms with van der Waals surface area (Å²) in [7, 11) is 1.51. The number of aromatic nitrogens is 4. The monoisotopic (exact) mass is 301 g/mol. The molecule has 0 bridgehead atoms. The number of rotatable bonds is 3. The fourth-order valence-electron chi connectivity index (χ4n) is 2.27. The van der Waals surface area contributed by atoms with Crippen LogP contribution in [-0.2, 0) is 13.6 Å². The van der Waals surface area contributed by atoms with Gasteiger partial charge in [-0.2, -0.15) is 0 Å². The maximum Gasteiger partial charge on any atom is 0.329 e. The fraction of sp³-hybridized carbons (Fsp3) is 0.154. The highest BCUT2D eigenvalue weighted by molar-refractivity contribution is 5.69. The standard InChI is InChI=1S/C13H11N5O4/c1-16-11-10(12(19)15-13(16)20)17(7-14-11)6-8-3-2-4-9(5-8)18(21)22/h2-5,7H,6H2,1H3,(H,15,19,20). The van der Waals surface area contributed by atoms with E-state index in [9.17, 15) is 19.7 Å². The number of non-ortho nitro benzene ring substituents is 1. The van der Waals surface area contributed by atoms with E-state index in [1.807, 2.05) is 0 Å². The van der Waals surface area contributed by atoms with Gasteiger partial charge in [-0.05, 0) is 5.56 Å². The number of nitrogens with one attached hydrogen (secondary N) is 1. The average molecular weight is 301 g/mol. The molecule has 0 aliphatic carbocycles. The maximum absolute atomic E-state index is 12.0. The molecular formula is C13H11N5O4. The van der Waals surface area contributed by atoms with Gasteiger partial charge in [0.2, 0.25) is 0 Å². The summed E-state index contributed by atoms with van der Waals surface area (Å²) in [5.74, 6) is 0. The second-order valence-corrected chi connectivity index (χ2v) is 4.79. The lowest BCUT2D eigenvalue weighted by atomic mass is 10.2. The van der Waals surface area contributed by atoms with Crippen molar-refractivity contribution in [3.05, 3.63) is 67.1 Å². The van der Waals surface area contributed by atoms with Crippen molar-refractivity contribution in [2.75, 3.05) is 0 Å². The Morgan fingerprint density at radius 2 is 2.14 bits per heavy atom. The van der Waals surface area contributed by atoms with Gasteiger partial charge in [-0.1, -0.05) is 12.1 Å². The molecule has 1 N–H and O–H groups in total. The van der Waals surface area contributed by atoms with E-state index in [-0.39, 0.29) is 23.4 Å². The van der Waals surface area contributed by atoms with Gasteiger partial charge in [-0.25, -0.2) is 9.78 Å². The van der Waals surface area contributed by atoms with Crippen LogP contribution in [-0.4, -0.2) is 24.0 Å². The molecule has 0 amide bonds. The third-order valence-electron chi connectivity index (χ3n) is 3.35. The summed E-state index contributed by atoms with van der Waals surface area (Å²) in [6.07, 6.45) is 1.43. The molecule has 0 fully saturated rings. The lowest BCUT2D eigenvalue weighted by Crippen LogP contribution is -2.29. The molecule has 0 radical (unpaired) electrons. The Balaban J connectivity index is 2.11. The molecule has 2 heterocycles. The maximum atomic E-state index is 12.0. The number of aromatic amines is 1. The second-order valence-electron chi connectivity index (χ2n) is 4.79. The molecular weight excluding hydrogens is 290 g/mol. The van der Waals surface area contributed by atoms with Crippen molar-refractivity contribution < 1.29 is 4.92 Å². The van der Waals surface area contributed by atoms with Crippen molar-refractivity contribution in [2.45, 2.75) is 6.54 Å². The summed E-state index contributed by atoms with van der Waals surface area (Å²) >= 11 is 0. The third kappa shape index (κ3) is 2.18. The van der Waals surface area contributed by atoms with Crippen LogP contribution in [0.15, 0.2) is 40.2 Å². The van der Waals surface area contributed by atoms with Crippen molar-refractivity contribution in [3.8, 4) is 0 Å². The molecule has 0 unspecified atom stereocenters. The van der Waals surface area contributed by atoms with Crippen LogP contribution in [0.5, 0.6) is 0 Å². The number of hydrogen-bond donors (Lipinski definition) is 1. The zero-order chi connectivity index (χ0) is 15.9. The SMILES string of the molecule is Cn1c(=O)[nH]c(=O)c2c1ncn2Cc1cccc([N+](=O)[O-])c1. The van der Waals surface area contributed by atoms with Gasteiger partial charge in [0.25, 0.3) is 11.2 Å². The molecule has 9 heteroatoms. The highest BCUT2D eigenvalue weighted by Gasteiger charge is 2.12. The molecule has 9 nitrogen and oxygen atoms in total. The first-order chi connectivity index (χ1) is 10.5. The molecule has 0 spiro atoms. The van der Waals surface area contributed by atoms with Gasteiger partial charge in [0.15, 0.2) is 11.2 Å². The summed E-state index contributed by atoms with van der Waals surface area (Å²) in [4.78, 5) is 40.1. The van der Waals surface area contributed by atoms with Gasteiger partial charge in [-0.15, -0.1) is 0 Å². The third-order valence-corrected chi connectivity index (χ3v) is 3.35. The number of nitrogens with zero attached hydrogens (tertiary/aromatic N) is 4. The normalized spacial score (nSPS) is 11.0. The number of aryl methyl sites for hydroxylation is 1.